The molecule has 0 aromatic rings. The van der Waals surface area contributed by atoms with Gasteiger partial charge in [-0.25, -0.2) is 0 Å². The molecule has 0 aromatic heterocycles. The molecule has 0 aromatic carbocycles. The number of carbonyl (C=O) groups excluding carboxylic acids is 1. The Bertz CT molecular complexity index is 251. The van der Waals surface area contributed by atoms with E-state index in [0.717, 1.165) is 25.6 Å². The Morgan fingerprint density at radius 2 is 1.71 bits per heavy atom. The van der Waals surface area contributed by atoms with Gasteiger partial charge in [-0.3, -0.25) is 4.79 Å². The summed E-state index contributed by atoms with van der Waals surface area (Å²) < 4.78 is 0. The second kappa shape index (κ2) is 5.85. The average molecular weight is 238 g/mol. The first kappa shape index (κ1) is 12.9. The summed E-state index contributed by atoms with van der Waals surface area (Å²) in [5, 5.41) is 0. The van der Waals surface area contributed by atoms with Gasteiger partial charge in [0.2, 0.25) is 5.91 Å². The summed E-state index contributed by atoms with van der Waals surface area (Å²) in [7, 11) is 0. The number of nitrogens with zero attached hydrogens (tertiary/aromatic N) is 2. The average Bonchev–Trinajstić information content (AvgIpc) is 3.15. The fraction of sp³-hybridized carbons (Fsp3) is 0.929. The lowest BCUT2D eigenvalue weighted by Gasteiger charge is -2.32. The third-order valence-electron chi connectivity index (χ3n) is 4.29. The molecule has 0 atom stereocenters. The summed E-state index contributed by atoms with van der Waals surface area (Å²) in [6.45, 7) is 8.29. The first-order valence-electron chi connectivity index (χ1n) is 7.26. The van der Waals surface area contributed by atoms with Gasteiger partial charge in [0.05, 0.1) is 0 Å². The zero-order chi connectivity index (χ0) is 12.3. The van der Waals surface area contributed by atoms with Crippen LogP contribution in [-0.4, -0.2) is 47.9 Å². The Morgan fingerprint density at radius 3 is 2.18 bits per heavy atom. The minimum atomic E-state index is 0.361. The van der Waals surface area contributed by atoms with Crippen LogP contribution in [0.2, 0.25) is 0 Å². The molecule has 0 unspecified atom stereocenters. The first-order chi connectivity index (χ1) is 8.24. The van der Waals surface area contributed by atoms with Gasteiger partial charge in [-0.2, -0.15) is 0 Å². The lowest BCUT2D eigenvalue weighted by Crippen LogP contribution is -2.38. The largest absolute Gasteiger partial charge is 0.343 e. The van der Waals surface area contributed by atoms with Gasteiger partial charge >= 0.3 is 0 Å². The molecule has 1 amide bonds. The normalized spacial score (nSPS) is 22.7. The number of piperidine rings is 1. The predicted molar refractivity (Wildman–Crippen MR) is 69.9 cm³/mol. The molecule has 3 nitrogen and oxygen atoms in total. The van der Waals surface area contributed by atoms with E-state index in [1.807, 2.05) is 4.90 Å². The lowest BCUT2D eigenvalue weighted by molar-refractivity contribution is -0.132. The maximum Gasteiger partial charge on any atom is 0.222 e. The van der Waals surface area contributed by atoms with Crippen molar-refractivity contribution in [2.75, 3.05) is 26.2 Å². The SMILES string of the molecule is CCN(CC)C(=O)CC1CCN(C2CC2)CC1. The molecule has 0 spiro atoms. The van der Waals surface area contributed by atoms with E-state index >= 15 is 0 Å². The Labute approximate surface area is 105 Å². The van der Waals surface area contributed by atoms with Crippen LogP contribution in [0.5, 0.6) is 0 Å². The number of rotatable bonds is 5. The number of hydrogen-bond donors (Lipinski definition) is 0. The molecular weight excluding hydrogens is 212 g/mol. The number of hydrogen-bond acceptors (Lipinski definition) is 2. The quantitative estimate of drug-likeness (QED) is 0.732. The maximum atomic E-state index is 12.0. The third kappa shape index (κ3) is 3.44. The summed E-state index contributed by atoms with van der Waals surface area (Å²) in [5.41, 5.74) is 0. The van der Waals surface area contributed by atoms with Crippen molar-refractivity contribution in [2.45, 2.75) is 52.0 Å². The second-order valence-electron chi connectivity index (χ2n) is 5.48. The summed E-state index contributed by atoms with van der Waals surface area (Å²) >= 11 is 0. The van der Waals surface area contributed by atoms with Crippen LogP contribution in [0.3, 0.4) is 0 Å². The van der Waals surface area contributed by atoms with Gasteiger partial charge in [0.1, 0.15) is 0 Å². The Kier molecular flexibility index (Phi) is 4.43. The van der Waals surface area contributed by atoms with Crippen LogP contribution in [0.15, 0.2) is 0 Å². The van der Waals surface area contributed by atoms with Crippen LogP contribution in [0, 0.1) is 5.92 Å². The smallest absolute Gasteiger partial charge is 0.222 e. The highest BCUT2D eigenvalue weighted by atomic mass is 16.2. The van der Waals surface area contributed by atoms with Gasteiger partial charge in [-0.05, 0) is 58.5 Å². The first-order valence-corrected chi connectivity index (χ1v) is 7.26. The van der Waals surface area contributed by atoms with Gasteiger partial charge in [-0.15, -0.1) is 0 Å². The molecule has 1 saturated heterocycles. The predicted octanol–water partition coefficient (Wildman–Crippen LogP) is 2.12. The van der Waals surface area contributed by atoms with Crippen molar-refractivity contribution in [3.8, 4) is 0 Å². The fourth-order valence-electron chi connectivity index (χ4n) is 2.91. The molecule has 1 saturated carbocycles. The summed E-state index contributed by atoms with van der Waals surface area (Å²) in [6, 6.07) is 0.898. The van der Waals surface area contributed by atoms with Crippen LogP contribution < -0.4 is 0 Å². The number of likely N-dealkylation sites (tertiary alicyclic amines) is 1. The van der Waals surface area contributed by atoms with Crippen LogP contribution in [0.4, 0.5) is 0 Å². The van der Waals surface area contributed by atoms with E-state index in [0.29, 0.717) is 11.8 Å². The minimum absolute atomic E-state index is 0.361. The fourth-order valence-corrected chi connectivity index (χ4v) is 2.91. The van der Waals surface area contributed by atoms with Gasteiger partial charge in [0.25, 0.3) is 0 Å². The van der Waals surface area contributed by atoms with Crippen molar-refractivity contribution in [3.05, 3.63) is 0 Å². The molecule has 2 rings (SSSR count). The van der Waals surface area contributed by atoms with Gasteiger partial charge in [0.15, 0.2) is 0 Å². The monoisotopic (exact) mass is 238 g/mol. The highest BCUT2D eigenvalue weighted by Gasteiger charge is 2.32. The molecule has 1 heterocycles. The van der Waals surface area contributed by atoms with Gasteiger partial charge < -0.3 is 9.80 Å². The summed E-state index contributed by atoms with van der Waals surface area (Å²) in [4.78, 5) is 16.6. The van der Waals surface area contributed by atoms with E-state index in [1.165, 1.54) is 38.8 Å². The Morgan fingerprint density at radius 1 is 1.12 bits per heavy atom. The summed E-state index contributed by atoms with van der Waals surface area (Å²) in [6.07, 6.45) is 6.04. The van der Waals surface area contributed by atoms with Gasteiger partial charge in [-0.1, -0.05) is 0 Å². The number of carbonyl (C=O) groups is 1. The molecule has 1 aliphatic carbocycles. The van der Waals surface area contributed by atoms with Crippen LogP contribution in [0.1, 0.15) is 46.0 Å². The van der Waals surface area contributed by atoms with Crippen LogP contribution >= 0.6 is 0 Å². The van der Waals surface area contributed by atoms with E-state index in [1.54, 1.807) is 0 Å². The van der Waals surface area contributed by atoms with Crippen molar-refractivity contribution in [3.63, 3.8) is 0 Å². The molecule has 2 aliphatic rings. The van der Waals surface area contributed by atoms with Crippen molar-refractivity contribution in [1.82, 2.24) is 9.80 Å². The minimum Gasteiger partial charge on any atom is -0.343 e. The summed E-state index contributed by atoms with van der Waals surface area (Å²) in [5.74, 6) is 0.998. The van der Waals surface area contributed by atoms with Gasteiger partial charge in [0, 0.05) is 25.6 Å². The standard InChI is InChI=1S/C14H26N2O/c1-3-15(4-2)14(17)11-12-7-9-16(10-8-12)13-5-6-13/h12-13H,3-11H2,1-2H3. The Hall–Kier alpha value is -0.570. The molecule has 17 heavy (non-hydrogen) atoms. The molecule has 0 bridgehead atoms. The zero-order valence-electron chi connectivity index (χ0n) is 11.3. The van der Waals surface area contributed by atoms with E-state index in [9.17, 15) is 4.79 Å². The number of amides is 1. The van der Waals surface area contributed by atoms with E-state index in [4.69, 9.17) is 0 Å². The highest BCUT2D eigenvalue weighted by Crippen LogP contribution is 2.31. The maximum absolute atomic E-state index is 12.0. The molecule has 2 fully saturated rings. The van der Waals surface area contributed by atoms with Crippen LogP contribution in [0.25, 0.3) is 0 Å². The van der Waals surface area contributed by atoms with Crippen LogP contribution in [-0.2, 0) is 4.79 Å². The van der Waals surface area contributed by atoms with Crippen molar-refractivity contribution < 1.29 is 4.79 Å². The van der Waals surface area contributed by atoms with Crippen molar-refractivity contribution >= 4 is 5.91 Å². The van der Waals surface area contributed by atoms with E-state index < -0.39 is 0 Å². The molecule has 3 heteroatoms. The van der Waals surface area contributed by atoms with Crippen molar-refractivity contribution in [1.29, 1.82) is 0 Å². The molecule has 98 valence electrons. The zero-order valence-corrected chi connectivity index (χ0v) is 11.3. The molecule has 0 radical (unpaired) electrons. The second-order valence-corrected chi connectivity index (χ2v) is 5.48. The Balaban J connectivity index is 1.71. The van der Waals surface area contributed by atoms with E-state index in [2.05, 4.69) is 18.7 Å². The lowest BCUT2D eigenvalue weighted by atomic mass is 9.93. The highest BCUT2D eigenvalue weighted by molar-refractivity contribution is 5.76. The molecule has 1 aliphatic heterocycles. The molecular formula is C14H26N2O. The van der Waals surface area contributed by atoms with Crippen molar-refractivity contribution in [2.24, 2.45) is 5.92 Å². The van der Waals surface area contributed by atoms with E-state index in [-0.39, 0.29) is 0 Å². The topological polar surface area (TPSA) is 23.6 Å². The third-order valence-corrected chi connectivity index (χ3v) is 4.29. The molecule has 0 N–H and O–H groups in total.